The molecule has 7 N–H and O–H groups in total. The van der Waals surface area contributed by atoms with Crippen molar-refractivity contribution in [2.75, 3.05) is 20.3 Å². The maximum atomic E-state index is 9.91. The SMILES string of the molecule is CO[C@@H]1O[C@H](CO[C@@H]2O[C@H](CO)[C@H](O)[C@H](O)[C@H]2O)[C@@H](O)[C@H](O)[C@H]1O. The summed E-state index contributed by atoms with van der Waals surface area (Å²) in [5.41, 5.74) is 0. The maximum absolute atomic E-state index is 9.91. The Kier molecular flexibility index (Phi) is 6.87. The summed E-state index contributed by atoms with van der Waals surface area (Å²) < 4.78 is 20.5. The minimum Gasteiger partial charge on any atom is -0.394 e. The van der Waals surface area contributed by atoms with Crippen molar-refractivity contribution in [1.29, 1.82) is 0 Å². The molecule has 0 bridgehead atoms. The van der Waals surface area contributed by atoms with Crippen LogP contribution in [0.3, 0.4) is 0 Å². The lowest BCUT2D eigenvalue weighted by molar-refractivity contribution is -0.328. The Labute approximate surface area is 137 Å². The Morgan fingerprint density at radius 2 is 1.21 bits per heavy atom. The van der Waals surface area contributed by atoms with E-state index < -0.39 is 68.0 Å². The summed E-state index contributed by atoms with van der Waals surface area (Å²) in [6.07, 6.45) is -14.0. The van der Waals surface area contributed by atoms with E-state index in [4.69, 9.17) is 24.1 Å². The van der Waals surface area contributed by atoms with Crippen LogP contribution in [-0.4, -0.2) is 117 Å². The largest absolute Gasteiger partial charge is 0.394 e. The third-order valence-electron chi connectivity index (χ3n) is 4.17. The highest BCUT2D eigenvalue weighted by Gasteiger charge is 2.47. The van der Waals surface area contributed by atoms with Crippen LogP contribution >= 0.6 is 0 Å². The van der Waals surface area contributed by atoms with E-state index in [1.807, 2.05) is 0 Å². The smallest absolute Gasteiger partial charge is 0.186 e. The topological polar surface area (TPSA) is 179 Å². The molecule has 0 radical (unpaired) electrons. The van der Waals surface area contributed by atoms with Crippen LogP contribution < -0.4 is 0 Å². The van der Waals surface area contributed by atoms with Crippen molar-refractivity contribution in [1.82, 2.24) is 0 Å². The van der Waals surface area contributed by atoms with Gasteiger partial charge >= 0.3 is 0 Å². The first-order valence-electron chi connectivity index (χ1n) is 7.46. The van der Waals surface area contributed by atoms with E-state index in [9.17, 15) is 30.6 Å². The summed E-state index contributed by atoms with van der Waals surface area (Å²) in [6.45, 7) is -0.989. The van der Waals surface area contributed by atoms with Crippen LogP contribution in [0.25, 0.3) is 0 Å². The minimum atomic E-state index is -1.60. The monoisotopic (exact) mass is 356 g/mol. The van der Waals surface area contributed by atoms with Crippen LogP contribution in [0.2, 0.25) is 0 Å². The molecule has 2 aliphatic rings. The van der Waals surface area contributed by atoms with Gasteiger partial charge < -0.3 is 54.7 Å². The molecule has 24 heavy (non-hydrogen) atoms. The van der Waals surface area contributed by atoms with Crippen LogP contribution in [0, 0.1) is 0 Å². The highest BCUT2D eigenvalue weighted by Crippen LogP contribution is 2.25. The van der Waals surface area contributed by atoms with Crippen LogP contribution in [0.15, 0.2) is 0 Å². The molecule has 11 nitrogen and oxygen atoms in total. The van der Waals surface area contributed by atoms with E-state index in [1.165, 1.54) is 7.11 Å². The first-order valence-corrected chi connectivity index (χ1v) is 7.46. The highest BCUT2D eigenvalue weighted by molar-refractivity contribution is 4.91. The molecule has 0 unspecified atom stereocenters. The fourth-order valence-electron chi connectivity index (χ4n) is 2.64. The van der Waals surface area contributed by atoms with Gasteiger partial charge in [-0.3, -0.25) is 0 Å². The Bertz CT molecular complexity index is 356. The summed E-state index contributed by atoms with van der Waals surface area (Å²) in [7, 11) is 1.24. The first kappa shape index (κ1) is 19.9. The van der Waals surface area contributed by atoms with Crippen LogP contribution in [0.1, 0.15) is 0 Å². The zero-order chi connectivity index (χ0) is 18.0. The highest BCUT2D eigenvalue weighted by atomic mass is 16.7. The summed E-state index contributed by atoms with van der Waals surface area (Å²) >= 11 is 0. The summed E-state index contributed by atoms with van der Waals surface area (Å²) in [5, 5.41) is 67.6. The Morgan fingerprint density at radius 1 is 0.708 bits per heavy atom. The van der Waals surface area contributed by atoms with Gasteiger partial charge in [-0.15, -0.1) is 0 Å². The lowest BCUT2D eigenvalue weighted by atomic mass is 9.98. The van der Waals surface area contributed by atoms with Gasteiger partial charge in [-0.2, -0.15) is 0 Å². The maximum Gasteiger partial charge on any atom is 0.186 e. The van der Waals surface area contributed by atoms with Crippen molar-refractivity contribution in [3.8, 4) is 0 Å². The van der Waals surface area contributed by atoms with Gasteiger partial charge in [0.1, 0.15) is 48.8 Å². The average Bonchev–Trinajstić information content (AvgIpc) is 2.58. The molecule has 10 atom stereocenters. The molecule has 0 aromatic rings. The molecule has 2 aliphatic heterocycles. The van der Waals surface area contributed by atoms with Crippen LogP contribution in [-0.2, 0) is 18.9 Å². The van der Waals surface area contributed by atoms with Gasteiger partial charge in [0.2, 0.25) is 0 Å². The molecule has 0 aromatic heterocycles. The third kappa shape index (κ3) is 3.86. The number of aliphatic hydroxyl groups excluding tert-OH is 7. The molecule has 0 spiro atoms. The zero-order valence-corrected chi connectivity index (χ0v) is 13.0. The van der Waals surface area contributed by atoms with E-state index in [-0.39, 0.29) is 6.61 Å². The summed E-state index contributed by atoms with van der Waals surface area (Å²) in [5.74, 6) is 0. The van der Waals surface area contributed by atoms with Gasteiger partial charge in [-0.05, 0) is 0 Å². The molecule has 2 rings (SSSR count). The van der Waals surface area contributed by atoms with Gasteiger partial charge in [0.15, 0.2) is 12.6 Å². The van der Waals surface area contributed by atoms with Crippen molar-refractivity contribution in [2.45, 2.75) is 61.4 Å². The number of hydrogen-bond donors (Lipinski definition) is 7. The van der Waals surface area contributed by atoms with Gasteiger partial charge in [-0.25, -0.2) is 0 Å². The molecule has 11 heteroatoms. The van der Waals surface area contributed by atoms with Gasteiger partial charge in [-0.1, -0.05) is 0 Å². The zero-order valence-electron chi connectivity index (χ0n) is 13.0. The fraction of sp³-hybridized carbons (Fsp3) is 1.00. The third-order valence-corrected chi connectivity index (χ3v) is 4.17. The number of hydrogen-bond acceptors (Lipinski definition) is 11. The number of aliphatic hydroxyl groups is 7. The van der Waals surface area contributed by atoms with Crippen LogP contribution in [0.5, 0.6) is 0 Å². The normalized spacial score (nSPS) is 50.0. The lowest BCUT2D eigenvalue weighted by Gasteiger charge is -2.42. The van der Waals surface area contributed by atoms with Crippen molar-refractivity contribution < 1.29 is 54.7 Å². The molecule has 0 aliphatic carbocycles. The Hall–Kier alpha value is -0.440. The summed E-state index contributed by atoms with van der Waals surface area (Å²) in [4.78, 5) is 0. The van der Waals surface area contributed by atoms with Crippen LogP contribution in [0.4, 0.5) is 0 Å². The molecule has 2 heterocycles. The summed E-state index contributed by atoms with van der Waals surface area (Å²) in [6, 6.07) is 0. The van der Waals surface area contributed by atoms with Gasteiger partial charge in [0.05, 0.1) is 13.2 Å². The number of methoxy groups -OCH3 is 1. The van der Waals surface area contributed by atoms with Crippen molar-refractivity contribution in [3.05, 3.63) is 0 Å². The van der Waals surface area contributed by atoms with E-state index in [0.29, 0.717) is 0 Å². The predicted octanol–water partition coefficient (Wildman–Crippen LogP) is -4.74. The molecule has 0 amide bonds. The average molecular weight is 356 g/mol. The quantitative estimate of drug-likeness (QED) is 0.251. The van der Waals surface area contributed by atoms with E-state index in [1.54, 1.807) is 0 Å². The lowest BCUT2D eigenvalue weighted by Crippen LogP contribution is -2.61. The number of ether oxygens (including phenoxy) is 4. The second kappa shape index (κ2) is 8.29. The van der Waals surface area contributed by atoms with E-state index in [0.717, 1.165) is 0 Å². The van der Waals surface area contributed by atoms with Crippen molar-refractivity contribution in [3.63, 3.8) is 0 Å². The molecular formula is C13H24O11. The van der Waals surface area contributed by atoms with Gasteiger partial charge in [0.25, 0.3) is 0 Å². The second-order valence-electron chi connectivity index (χ2n) is 5.78. The Morgan fingerprint density at radius 3 is 1.75 bits per heavy atom. The Balaban J connectivity index is 1.96. The standard InChI is InChI=1S/C13H24O11/c1-21-12-10(19)9(18)7(16)5(24-12)3-22-13-11(20)8(17)6(15)4(2-14)23-13/h4-20H,2-3H2,1H3/t4-,5-,6+,7-,8+,9+,10-,11-,12-,13-/m1/s1. The first-order chi connectivity index (χ1) is 11.3. The predicted molar refractivity (Wildman–Crippen MR) is 73.4 cm³/mol. The molecular weight excluding hydrogens is 332 g/mol. The van der Waals surface area contributed by atoms with E-state index >= 15 is 0 Å². The molecule has 2 fully saturated rings. The number of rotatable bonds is 5. The van der Waals surface area contributed by atoms with Gasteiger partial charge in [0, 0.05) is 7.11 Å². The van der Waals surface area contributed by atoms with Crippen molar-refractivity contribution >= 4 is 0 Å². The van der Waals surface area contributed by atoms with E-state index in [2.05, 4.69) is 0 Å². The molecule has 142 valence electrons. The molecule has 2 saturated heterocycles. The van der Waals surface area contributed by atoms with Crippen molar-refractivity contribution in [2.24, 2.45) is 0 Å². The molecule has 0 aromatic carbocycles. The second-order valence-corrected chi connectivity index (χ2v) is 5.78. The molecule has 0 saturated carbocycles. The minimum absolute atomic E-state index is 0.381. The fourth-order valence-corrected chi connectivity index (χ4v) is 2.64.